The van der Waals surface area contributed by atoms with E-state index in [9.17, 15) is 0 Å². The fourth-order valence-electron chi connectivity index (χ4n) is 0.591. The van der Waals surface area contributed by atoms with Crippen molar-refractivity contribution in [2.24, 2.45) is 0 Å². The molecule has 0 spiro atoms. The Morgan fingerprint density at radius 3 is 3.10 bits per heavy atom. The smallest absolute Gasteiger partial charge is 0.123 e. The minimum Gasteiger partial charge on any atom is -0.384 e. The SMILES string of the molecule is [2H]C([2H])([2H])C([2H])(c1cccc(N)n1)C([2H])([2H])[2H]. The second-order valence-corrected chi connectivity index (χ2v) is 1.82. The topological polar surface area (TPSA) is 38.9 Å². The minimum absolute atomic E-state index is 0.0207. The van der Waals surface area contributed by atoms with Crippen LogP contribution in [0.15, 0.2) is 18.2 Å². The average molecular weight is 143 g/mol. The van der Waals surface area contributed by atoms with Gasteiger partial charge in [-0.15, -0.1) is 0 Å². The molecule has 0 aliphatic carbocycles. The molecule has 1 aromatic heterocycles. The molecule has 0 aliphatic heterocycles. The van der Waals surface area contributed by atoms with Crippen LogP contribution in [0.3, 0.4) is 0 Å². The lowest BCUT2D eigenvalue weighted by Gasteiger charge is -2.02. The van der Waals surface area contributed by atoms with Gasteiger partial charge in [0.15, 0.2) is 0 Å². The molecule has 0 unspecified atom stereocenters. The van der Waals surface area contributed by atoms with Crippen molar-refractivity contribution >= 4 is 5.82 Å². The fraction of sp³-hybridized carbons (Fsp3) is 0.375. The van der Waals surface area contributed by atoms with E-state index in [0.29, 0.717) is 0 Å². The molecular formula is C8H12N2. The molecule has 0 amide bonds. The summed E-state index contributed by atoms with van der Waals surface area (Å²) in [6, 6.07) is 3.95. The summed E-state index contributed by atoms with van der Waals surface area (Å²) in [4.78, 5) is 3.65. The average Bonchev–Trinajstić information content (AvgIpc) is 2.12. The molecule has 0 saturated heterocycles. The predicted molar refractivity (Wildman–Crippen MR) is 42.7 cm³/mol. The van der Waals surface area contributed by atoms with Crippen LogP contribution in [0.25, 0.3) is 0 Å². The third kappa shape index (κ3) is 1.47. The Labute approximate surface area is 70.9 Å². The van der Waals surface area contributed by atoms with Gasteiger partial charge in [-0.1, -0.05) is 19.8 Å². The molecule has 0 bridgehead atoms. The molecule has 1 rings (SSSR count). The zero-order chi connectivity index (χ0) is 13.5. The van der Waals surface area contributed by atoms with Gasteiger partial charge in [0.25, 0.3) is 0 Å². The molecule has 54 valence electrons. The van der Waals surface area contributed by atoms with Crippen LogP contribution in [0, 0.1) is 0 Å². The summed E-state index contributed by atoms with van der Waals surface area (Å²) in [5.74, 6) is -2.80. The zero-order valence-corrected chi connectivity index (χ0v) is 5.26. The molecule has 2 heteroatoms. The normalized spacial score (nSPS) is 24.2. The highest BCUT2D eigenvalue weighted by Crippen LogP contribution is 2.11. The van der Waals surface area contributed by atoms with Gasteiger partial charge in [-0.3, -0.25) is 0 Å². The molecule has 0 fully saturated rings. The molecule has 10 heavy (non-hydrogen) atoms. The fourth-order valence-corrected chi connectivity index (χ4v) is 0.591. The number of pyridine rings is 1. The third-order valence-electron chi connectivity index (χ3n) is 1.03. The van der Waals surface area contributed by atoms with Gasteiger partial charge < -0.3 is 5.73 Å². The molecule has 0 aromatic carbocycles. The number of nitrogens with zero attached hydrogens (tertiary/aromatic N) is 1. The molecule has 0 aliphatic rings. The van der Waals surface area contributed by atoms with Crippen LogP contribution in [-0.4, -0.2) is 4.98 Å². The van der Waals surface area contributed by atoms with Crippen molar-refractivity contribution < 1.29 is 9.60 Å². The zero-order valence-electron chi connectivity index (χ0n) is 12.3. The van der Waals surface area contributed by atoms with Crippen LogP contribution in [0.2, 0.25) is 0 Å². The van der Waals surface area contributed by atoms with Gasteiger partial charge in [-0.2, -0.15) is 0 Å². The highest BCUT2D eigenvalue weighted by molar-refractivity contribution is 5.29. The maximum atomic E-state index is 7.82. The largest absolute Gasteiger partial charge is 0.384 e. The maximum absolute atomic E-state index is 7.82. The lowest BCUT2D eigenvalue weighted by Crippen LogP contribution is -1.95. The van der Waals surface area contributed by atoms with E-state index < -0.39 is 19.6 Å². The summed E-state index contributed by atoms with van der Waals surface area (Å²) in [6.45, 7) is -6.06. The molecule has 2 nitrogen and oxygen atoms in total. The van der Waals surface area contributed by atoms with Gasteiger partial charge in [0.1, 0.15) is 5.82 Å². The minimum atomic E-state index is -3.03. The van der Waals surface area contributed by atoms with Crippen LogP contribution >= 0.6 is 0 Å². The Bertz CT molecular complexity index is 395. The Hall–Kier alpha value is -1.05. The van der Waals surface area contributed by atoms with E-state index in [1.807, 2.05) is 0 Å². The van der Waals surface area contributed by atoms with E-state index in [0.717, 1.165) is 0 Å². The third-order valence-corrected chi connectivity index (χ3v) is 1.03. The molecule has 0 saturated carbocycles. The van der Waals surface area contributed by atoms with E-state index in [1.165, 1.54) is 18.2 Å². The molecule has 0 atom stereocenters. The Morgan fingerprint density at radius 2 is 2.50 bits per heavy atom. The Kier molecular flexibility index (Phi) is 0.598. The van der Waals surface area contributed by atoms with Gasteiger partial charge >= 0.3 is 0 Å². The van der Waals surface area contributed by atoms with Gasteiger partial charge in [0.05, 0.1) is 0 Å². The first-order valence-electron chi connectivity index (χ1n) is 6.23. The summed E-state index contributed by atoms with van der Waals surface area (Å²) in [5.41, 5.74) is 5.00. The first-order valence-corrected chi connectivity index (χ1v) is 2.73. The molecule has 0 radical (unpaired) electrons. The van der Waals surface area contributed by atoms with E-state index in [4.69, 9.17) is 15.3 Å². The quantitative estimate of drug-likeness (QED) is 0.651. The van der Waals surface area contributed by atoms with Gasteiger partial charge in [0.2, 0.25) is 0 Å². The molecular weight excluding hydrogens is 124 g/mol. The van der Waals surface area contributed by atoms with Crippen molar-refractivity contribution in [3.8, 4) is 0 Å². The second kappa shape index (κ2) is 2.69. The van der Waals surface area contributed by atoms with Gasteiger partial charge in [0, 0.05) is 15.3 Å². The van der Waals surface area contributed by atoms with Crippen molar-refractivity contribution in [3.63, 3.8) is 0 Å². The lowest BCUT2D eigenvalue weighted by atomic mass is 10.1. The van der Waals surface area contributed by atoms with Crippen LogP contribution < -0.4 is 5.73 Å². The van der Waals surface area contributed by atoms with Crippen LogP contribution in [0.4, 0.5) is 5.82 Å². The Morgan fingerprint density at radius 1 is 1.70 bits per heavy atom. The Balaban J connectivity index is 3.46. The first kappa shape index (κ1) is 2.22. The van der Waals surface area contributed by atoms with Gasteiger partial charge in [-0.25, -0.2) is 4.98 Å². The number of nitrogen functional groups attached to an aromatic ring is 1. The summed E-state index contributed by atoms with van der Waals surface area (Å²) >= 11 is 0. The second-order valence-electron chi connectivity index (χ2n) is 1.82. The van der Waals surface area contributed by atoms with E-state index in [1.54, 1.807) is 0 Å². The predicted octanol–water partition coefficient (Wildman–Crippen LogP) is 1.79. The summed E-state index contributed by atoms with van der Waals surface area (Å²) in [5, 5.41) is 0. The molecule has 1 heterocycles. The molecule has 1 aromatic rings. The van der Waals surface area contributed by atoms with Crippen LogP contribution in [-0.2, 0) is 0 Å². The van der Waals surface area contributed by atoms with Crippen LogP contribution in [0.5, 0.6) is 0 Å². The van der Waals surface area contributed by atoms with Crippen molar-refractivity contribution in [1.82, 2.24) is 4.98 Å². The first-order chi connectivity index (χ1) is 7.50. The molecule has 2 N–H and O–H groups in total. The summed E-state index contributed by atoms with van der Waals surface area (Å²) in [6.07, 6.45) is 0. The van der Waals surface area contributed by atoms with E-state index in [-0.39, 0.29) is 11.5 Å². The maximum Gasteiger partial charge on any atom is 0.123 e. The number of rotatable bonds is 1. The standard InChI is InChI=1S/C8H12N2/c1-6(2)7-4-3-5-8(9)10-7/h3-6H,1-2H3,(H2,9,10)/i1D3,2D3,6D. The number of hydrogen-bond acceptors (Lipinski definition) is 2. The van der Waals surface area contributed by atoms with Crippen molar-refractivity contribution in [2.45, 2.75) is 19.6 Å². The van der Waals surface area contributed by atoms with E-state index >= 15 is 0 Å². The van der Waals surface area contributed by atoms with Crippen LogP contribution in [0.1, 0.15) is 34.9 Å². The summed E-state index contributed by atoms with van der Waals surface area (Å²) < 4.78 is 51.3. The monoisotopic (exact) mass is 143 g/mol. The summed E-state index contributed by atoms with van der Waals surface area (Å²) in [7, 11) is 0. The van der Waals surface area contributed by atoms with Crippen molar-refractivity contribution in [2.75, 3.05) is 5.73 Å². The number of anilines is 1. The number of nitrogens with two attached hydrogens (primary N) is 1. The number of aromatic nitrogens is 1. The number of hydrogen-bond donors (Lipinski definition) is 1. The highest BCUT2D eigenvalue weighted by Gasteiger charge is 1.98. The highest BCUT2D eigenvalue weighted by atomic mass is 14.8. The van der Waals surface area contributed by atoms with Gasteiger partial charge in [-0.05, 0) is 18.0 Å². The van der Waals surface area contributed by atoms with E-state index in [2.05, 4.69) is 4.98 Å². The lowest BCUT2D eigenvalue weighted by molar-refractivity contribution is 0.825. The van der Waals surface area contributed by atoms with Crippen molar-refractivity contribution in [3.05, 3.63) is 23.9 Å². The van der Waals surface area contributed by atoms with Crippen molar-refractivity contribution in [1.29, 1.82) is 0 Å².